The highest BCUT2D eigenvalue weighted by molar-refractivity contribution is 6.35. The maximum Gasteiger partial charge on any atom is 0.338 e. The summed E-state index contributed by atoms with van der Waals surface area (Å²) in [6, 6.07) is 21.9. The lowest BCUT2D eigenvalue weighted by molar-refractivity contribution is -0.138. The van der Waals surface area contributed by atoms with Crippen molar-refractivity contribution in [1.29, 1.82) is 0 Å². The molecule has 0 saturated carbocycles. The van der Waals surface area contributed by atoms with Crippen molar-refractivity contribution >= 4 is 40.8 Å². The minimum absolute atomic E-state index is 0.251. The predicted octanol–water partition coefficient (Wildman–Crippen LogP) is 6.15. The number of nitrogens with one attached hydrogen (secondary N) is 1. The summed E-state index contributed by atoms with van der Waals surface area (Å²) in [7, 11) is 0. The van der Waals surface area contributed by atoms with E-state index in [4.69, 9.17) is 32.7 Å². The Labute approximate surface area is 218 Å². The van der Waals surface area contributed by atoms with Gasteiger partial charge in [0, 0.05) is 15.6 Å². The fourth-order valence-corrected chi connectivity index (χ4v) is 4.54. The van der Waals surface area contributed by atoms with Gasteiger partial charge >= 0.3 is 5.97 Å². The summed E-state index contributed by atoms with van der Waals surface area (Å²) in [5.41, 5.74) is 3.59. The molecule has 1 N–H and O–H groups in total. The Kier molecular flexibility index (Phi) is 6.93. The molecule has 1 aliphatic heterocycles. The first-order valence-electron chi connectivity index (χ1n) is 11.3. The third-order valence-electron chi connectivity index (χ3n) is 5.76. The number of carbonyl (C=O) groups is 1. The fourth-order valence-electron chi connectivity index (χ4n) is 4.08. The zero-order valence-corrected chi connectivity index (χ0v) is 20.8. The highest BCUT2D eigenvalue weighted by Gasteiger charge is 2.36. The van der Waals surface area contributed by atoms with E-state index in [2.05, 4.69) is 15.4 Å². The molecule has 0 radical (unpaired) electrons. The second kappa shape index (κ2) is 10.4. The molecule has 7 nitrogen and oxygen atoms in total. The Morgan fingerprint density at radius 3 is 2.56 bits per heavy atom. The second-order valence-electron chi connectivity index (χ2n) is 8.02. The van der Waals surface area contributed by atoms with Crippen molar-refractivity contribution in [3.8, 4) is 5.75 Å². The van der Waals surface area contributed by atoms with Gasteiger partial charge < -0.3 is 14.8 Å². The zero-order chi connectivity index (χ0) is 25.1. The molecule has 9 heteroatoms. The van der Waals surface area contributed by atoms with Crippen LogP contribution in [0.2, 0.25) is 10.0 Å². The van der Waals surface area contributed by atoms with Crippen molar-refractivity contribution in [2.24, 2.45) is 0 Å². The number of hydrogen-bond acceptors (Lipinski definition) is 6. The lowest BCUT2D eigenvalue weighted by Gasteiger charge is -2.29. The van der Waals surface area contributed by atoms with Crippen molar-refractivity contribution in [1.82, 2.24) is 14.8 Å². The molecule has 4 aromatic rings. The normalized spacial score (nSPS) is 14.7. The number of esters is 1. The Morgan fingerprint density at radius 2 is 1.83 bits per heavy atom. The van der Waals surface area contributed by atoms with Crippen molar-refractivity contribution < 1.29 is 14.3 Å². The molecule has 3 aromatic carbocycles. The molecule has 0 fully saturated rings. The van der Waals surface area contributed by atoms with Crippen LogP contribution in [-0.4, -0.2) is 27.3 Å². The van der Waals surface area contributed by atoms with Crippen molar-refractivity contribution in [3.63, 3.8) is 0 Å². The fraction of sp³-hybridized carbons (Fsp3) is 0.148. The molecule has 1 atom stereocenters. The molecular weight excluding hydrogens is 499 g/mol. The van der Waals surface area contributed by atoms with E-state index in [0.29, 0.717) is 39.6 Å². The van der Waals surface area contributed by atoms with Crippen LogP contribution < -0.4 is 10.1 Å². The average Bonchev–Trinajstić information content (AvgIpc) is 3.37. The van der Waals surface area contributed by atoms with E-state index in [-0.39, 0.29) is 6.61 Å². The number of halogens is 2. The van der Waals surface area contributed by atoms with Gasteiger partial charge in [-0.15, -0.1) is 0 Å². The topological polar surface area (TPSA) is 78.3 Å². The van der Waals surface area contributed by atoms with Gasteiger partial charge in [-0.1, -0.05) is 71.7 Å². The Bertz CT molecular complexity index is 1420. The summed E-state index contributed by atoms with van der Waals surface area (Å²) in [5.74, 6) is 0.764. The van der Waals surface area contributed by atoms with Gasteiger partial charge in [-0.25, -0.2) is 9.48 Å². The minimum atomic E-state index is -0.544. The molecule has 1 aliphatic rings. The van der Waals surface area contributed by atoms with E-state index < -0.39 is 12.0 Å². The molecule has 182 valence electrons. The molecule has 36 heavy (non-hydrogen) atoms. The summed E-state index contributed by atoms with van der Waals surface area (Å²) < 4.78 is 13.1. The molecule has 0 amide bonds. The van der Waals surface area contributed by atoms with Crippen LogP contribution >= 0.6 is 23.2 Å². The van der Waals surface area contributed by atoms with Crippen LogP contribution in [0.25, 0.3) is 5.70 Å². The summed E-state index contributed by atoms with van der Waals surface area (Å²) in [4.78, 5) is 17.6. The Morgan fingerprint density at radius 1 is 1.06 bits per heavy atom. The van der Waals surface area contributed by atoms with Crippen LogP contribution in [0.15, 0.2) is 84.7 Å². The van der Waals surface area contributed by atoms with Crippen LogP contribution in [0.5, 0.6) is 5.75 Å². The number of hydrogen-bond donors (Lipinski definition) is 1. The number of nitrogens with zero attached hydrogens (tertiary/aromatic N) is 3. The minimum Gasteiger partial charge on any atom is -0.489 e. The van der Waals surface area contributed by atoms with E-state index in [9.17, 15) is 4.79 Å². The van der Waals surface area contributed by atoms with Crippen LogP contribution in [0.4, 0.5) is 5.95 Å². The predicted molar refractivity (Wildman–Crippen MR) is 139 cm³/mol. The zero-order valence-electron chi connectivity index (χ0n) is 19.3. The molecule has 1 aromatic heterocycles. The number of anilines is 1. The summed E-state index contributed by atoms with van der Waals surface area (Å²) >= 11 is 12.2. The van der Waals surface area contributed by atoms with Gasteiger partial charge in [-0.2, -0.15) is 10.1 Å². The monoisotopic (exact) mass is 520 g/mol. The molecule has 1 unspecified atom stereocenters. The number of aromatic nitrogens is 3. The first-order chi connectivity index (χ1) is 17.5. The maximum atomic E-state index is 13.3. The first kappa shape index (κ1) is 23.9. The molecule has 0 aliphatic carbocycles. The second-order valence-corrected chi connectivity index (χ2v) is 8.87. The van der Waals surface area contributed by atoms with Gasteiger partial charge in [0.1, 0.15) is 24.7 Å². The third-order valence-corrected chi connectivity index (χ3v) is 6.35. The summed E-state index contributed by atoms with van der Waals surface area (Å²) in [6.07, 6.45) is 1.46. The third kappa shape index (κ3) is 4.80. The van der Waals surface area contributed by atoms with E-state index >= 15 is 0 Å². The van der Waals surface area contributed by atoms with Crippen molar-refractivity contribution in [2.75, 3.05) is 11.9 Å². The highest BCUT2D eigenvalue weighted by atomic mass is 35.5. The van der Waals surface area contributed by atoms with Gasteiger partial charge in [0.2, 0.25) is 5.95 Å². The quantitative estimate of drug-likeness (QED) is 0.294. The number of ether oxygens (including phenoxy) is 2. The molecular formula is C27H22Cl2N4O3. The number of rotatable bonds is 7. The van der Waals surface area contributed by atoms with Gasteiger partial charge in [-0.05, 0) is 42.3 Å². The Hall–Kier alpha value is -3.81. The smallest absolute Gasteiger partial charge is 0.338 e. The highest BCUT2D eigenvalue weighted by Crippen LogP contribution is 2.39. The van der Waals surface area contributed by atoms with Crippen LogP contribution in [0, 0.1) is 0 Å². The van der Waals surface area contributed by atoms with E-state index in [1.807, 2.05) is 60.7 Å². The standard InChI is InChI=1S/C27H22Cl2N4O3/c1-2-35-26(34)23-24(17-6-4-3-5-7-17)32-27-30-16-31-33(27)25(23)18-9-12-21(13-10-18)36-15-19-8-11-20(28)14-22(19)29/h3-14,16,25H,2,15H2,1H3,(H,30,31,32). The van der Waals surface area contributed by atoms with Gasteiger partial charge in [0.05, 0.1) is 17.9 Å². The van der Waals surface area contributed by atoms with Crippen molar-refractivity contribution in [3.05, 3.63) is 111 Å². The molecule has 5 rings (SSSR count). The van der Waals surface area contributed by atoms with E-state index in [1.165, 1.54) is 6.33 Å². The number of fused-ring (bicyclic) bond motifs is 1. The molecule has 0 saturated heterocycles. The van der Waals surface area contributed by atoms with Gasteiger partial charge in [0.15, 0.2) is 0 Å². The number of carbonyl (C=O) groups excluding carboxylic acids is 1. The van der Waals surface area contributed by atoms with E-state index in [1.54, 1.807) is 23.7 Å². The summed E-state index contributed by atoms with van der Waals surface area (Å²) in [5, 5.41) is 8.78. The van der Waals surface area contributed by atoms with Crippen LogP contribution in [-0.2, 0) is 16.1 Å². The first-order valence-corrected chi connectivity index (χ1v) is 12.1. The largest absolute Gasteiger partial charge is 0.489 e. The van der Waals surface area contributed by atoms with E-state index in [0.717, 1.165) is 16.7 Å². The maximum absolute atomic E-state index is 13.3. The van der Waals surface area contributed by atoms with Gasteiger partial charge in [0.25, 0.3) is 0 Å². The Balaban J connectivity index is 1.50. The van der Waals surface area contributed by atoms with Crippen molar-refractivity contribution in [2.45, 2.75) is 19.6 Å². The molecule has 0 bridgehead atoms. The number of benzene rings is 3. The lowest BCUT2D eigenvalue weighted by Crippen LogP contribution is -2.30. The van der Waals surface area contributed by atoms with Crippen LogP contribution in [0.3, 0.4) is 0 Å². The lowest BCUT2D eigenvalue weighted by atomic mass is 9.93. The molecule has 2 heterocycles. The summed E-state index contributed by atoms with van der Waals surface area (Å²) in [6.45, 7) is 2.33. The van der Waals surface area contributed by atoms with Gasteiger partial charge in [-0.3, -0.25) is 0 Å². The SMILES string of the molecule is CCOC(=O)C1=C(c2ccccc2)Nc2ncnn2C1c1ccc(OCc2ccc(Cl)cc2Cl)cc1. The van der Waals surface area contributed by atoms with Crippen LogP contribution in [0.1, 0.15) is 29.7 Å². The molecule has 0 spiro atoms. The average molecular weight is 521 g/mol.